The van der Waals surface area contributed by atoms with Gasteiger partial charge in [0.2, 0.25) is 0 Å². The fourth-order valence-corrected chi connectivity index (χ4v) is 2.49. The van der Waals surface area contributed by atoms with Gasteiger partial charge in [-0.15, -0.1) is 11.6 Å². The van der Waals surface area contributed by atoms with Gasteiger partial charge in [0.1, 0.15) is 11.3 Å². The second-order valence-electron chi connectivity index (χ2n) is 5.20. The number of pyridine rings is 1. The van der Waals surface area contributed by atoms with Crippen LogP contribution in [0.3, 0.4) is 0 Å². The summed E-state index contributed by atoms with van der Waals surface area (Å²) in [5.41, 5.74) is 1.70. The summed E-state index contributed by atoms with van der Waals surface area (Å²) in [5.74, 6) is 1.37. The highest BCUT2D eigenvalue weighted by molar-refractivity contribution is 9.10. The summed E-state index contributed by atoms with van der Waals surface area (Å²) < 4.78 is 8.60. The molecule has 0 spiro atoms. The van der Waals surface area contributed by atoms with Crippen molar-refractivity contribution in [3.8, 4) is 0 Å². The lowest BCUT2D eigenvalue weighted by Gasteiger charge is -2.11. The third kappa shape index (κ3) is 3.71. The van der Waals surface area contributed by atoms with E-state index in [4.69, 9.17) is 16.3 Å². The third-order valence-corrected chi connectivity index (χ3v) is 3.48. The van der Waals surface area contributed by atoms with Crippen molar-refractivity contribution in [2.75, 3.05) is 13.2 Å². The Morgan fingerprint density at radius 2 is 2.15 bits per heavy atom. The maximum Gasteiger partial charge on any atom is 0.160 e. The Labute approximate surface area is 132 Å². The van der Waals surface area contributed by atoms with E-state index in [0.29, 0.717) is 19.1 Å². The smallest absolute Gasteiger partial charge is 0.160 e. The van der Waals surface area contributed by atoms with Crippen LogP contribution in [0.25, 0.3) is 11.2 Å². The van der Waals surface area contributed by atoms with Crippen LogP contribution >= 0.6 is 27.5 Å². The number of alkyl halides is 1. The lowest BCUT2D eigenvalue weighted by atomic mass is 10.2. The number of rotatable bonds is 6. The number of imidazole rings is 1. The zero-order valence-electron chi connectivity index (χ0n) is 11.9. The van der Waals surface area contributed by atoms with Gasteiger partial charge in [-0.25, -0.2) is 9.97 Å². The molecule has 2 rings (SSSR count). The van der Waals surface area contributed by atoms with Crippen molar-refractivity contribution in [3.05, 3.63) is 22.6 Å². The van der Waals surface area contributed by atoms with E-state index in [2.05, 4.69) is 39.7 Å². The van der Waals surface area contributed by atoms with Gasteiger partial charge in [0.15, 0.2) is 5.65 Å². The molecule has 0 bridgehead atoms. The normalized spacial score (nSPS) is 13.3. The number of nitrogens with zero attached hydrogens (tertiary/aromatic N) is 3. The predicted octanol–water partition coefficient (Wildman–Crippen LogP) is 4.17. The van der Waals surface area contributed by atoms with Crippen LogP contribution in [0.15, 0.2) is 16.7 Å². The summed E-state index contributed by atoms with van der Waals surface area (Å²) >= 11 is 9.63. The predicted molar refractivity (Wildman–Crippen MR) is 85.2 cm³/mol. The lowest BCUT2D eigenvalue weighted by molar-refractivity contribution is 0.103. The van der Waals surface area contributed by atoms with Crippen molar-refractivity contribution >= 4 is 38.7 Å². The van der Waals surface area contributed by atoms with Crippen LogP contribution in [0.1, 0.15) is 32.0 Å². The van der Waals surface area contributed by atoms with E-state index in [9.17, 15) is 0 Å². The third-order valence-electron chi connectivity index (χ3n) is 2.85. The monoisotopic (exact) mass is 359 g/mol. The molecule has 1 atom stereocenters. The van der Waals surface area contributed by atoms with Crippen molar-refractivity contribution in [2.24, 2.45) is 5.92 Å². The Morgan fingerprint density at radius 1 is 1.40 bits per heavy atom. The Morgan fingerprint density at radius 3 is 2.80 bits per heavy atom. The summed E-state index contributed by atoms with van der Waals surface area (Å²) in [5, 5.41) is -0.159. The Hall–Kier alpha value is -0.650. The summed E-state index contributed by atoms with van der Waals surface area (Å²) in [6, 6.07) is 1.95. The van der Waals surface area contributed by atoms with Gasteiger partial charge in [-0.3, -0.25) is 0 Å². The molecule has 0 N–H and O–H groups in total. The zero-order chi connectivity index (χ0) is 14.7. The van der Waals surface area contributed by atoms with Crippen molar-refractivity contribution < 1.29 is 4.74 Å². The number of aromatic nitrogens is 3. The molecule has 0 saturated heterocycles. The molecule has 0 saturated carbocycles. The fourth-order valence-electron chi connectivity index (χ4n) is 2.00. The molecule has 0 aliphatic rings. The van der Waals surface area contributed by atoms with E-state index in [1.54, 1.807) is 6.20 Å². The first-order chi connectivity index (χ1) is 9.49. The molecule has 0 radical (unpaired) electrons. The summed E-state index contributed by atoms with van der Waals surface area (Å²) in [4.78, 5) is 9.01. The highest BCUT2D eigenvalue weighted by atomic mass is 79.9. The first-order valence-electron chi connectivity index (χ1n) is 6.72. The van der Waals surface area contributed by atoms with Crippen LogP contribution in [-0.2, 0) is 11.3 Å². The van der Waals surface area contributed by atoms with Crippen molar-refractivity contribution in [1.29, 1.82) is 0 Å². The molecule has 2 heterocycles. The molecule has 6 heteroatoms. The number of hydrogen-bond donors (Lipinski definition) is 0. The number of halogens is 2. The van der Waals surface area contributed by atoms with E-state index in [1.807, 2.05) is 17.6 Å². The van der Waals surface area contributed by atoms with Gasteiger partial charge in [-0.05, 0) is 34.8 Å². The Bertz CT molecular complexity index is 583. The lowest BCUT2D eigenvalue weighted by Crippen LogP contribution is -2.12. The SMILES string of the molecule is CC(C)COCCn1c(C(C)Cl)nc2cc(Br)cnc21. The molecule has 20 heavy (non-hydrogen) atoms. The minimum Gasteiger partial charge on any atom is -0.379 e. The average Bonchev–Trinajstić information content (AvgIpc) is 2.72. The summed E-state index contributed by atoms with van der Waals surface area (Å²) in [7, 11) is 0. The number of fused-ring (bicyclic) bond motifs is 1. The molecule has 1 unspecified atom stereocenters. The molecule has 2 aromatic heterocycles. The van der Waals surface area contributed by atoms with E-state index in [0.717, 1.165) is 28.1 Å². The van der Waals surface area contributed by atoms with Gasteiger partial charge >= 0.3 is 0 Å². The number of hydrogen-bond acceptors (Lipinski definition) is 3. The van der Waals surface area contributed by atoms with E-state index >= 15 is 0 Å². The first-order valence-corrected chi connectivity index (χ1v) is 7.95. The molecule has 4 nitrogen and oxygen atoms in total. The van der Waals surface area contributed by atoms with E-state index < -0.39 is 0 Å². The average molecular weight is 361 g/mol. The largest absolute Gasteiger partial charge is 0.379 e. The van der Waals surface area contributed by atoms with Crippen molar-refractivity contribution in [3.63, 3.8) is 0 Å². The second-order valence-corrected chi connectivity index (χ2v) is 6.77. The highest BCUT2D eigenvalue weighted by Gasteiger charge is 2.16. The molecule has 0 aliphatic heterocycles. The van der Waals surface area contributed by atoms with Gasteiger partial charge in [0.05, 0.1) is 12.0 Å². The van der Waals surface area contributed by atoms with Crippen LogP contribution in [0.5, 0.6) is 0 Å². The molecule has 0 amide bonds. The maximum atomic E-state index is 6.22. The second kappa shape index (κ2) is 6.87. The van der Waals surface area contributed by atoms with Crippen LogP contribution in [0, 0.1) is 5.92 Å². The van der Waals surface area contributed by atoms with Gasteiger partial charge in [-0.1, -0.05) is 13.8 Å². The van der Waals surface area contributed by atoms with Gasteiger partial charge in [0.25, 0.3) is 0 Å². The maximum absolute atomic E-state index is 6.22. The quantitative estimate of drug-likeness (QED) is 0.573. The van der Waals surface area contributed by atoms with Crippen LogP contribution in [0.4, 0.5) is 0 Å². The van der Waals surface area contributed by atoms with Gasteiger partial charge in [-0.2, -0.15) is 0 Å². The van der Waals surface area contributed by atoms with E-state index in [1.165, 1.54) is 0 Å². The number of ether oxygens (including phenoxy) is 1. The molecule has 0 aliphatic carbocycles. The first kappa shape index (κ1) is 15.7. The summed E-state index contributed by atoms with van der Waals surface area (Å²) in [6.07, 6.45) is 1.78. The van der Waals surface area contributed by atoms with Gasteiger partial charge in [0, 0.05) is 23.8 Å². The molecule has 2 aromatic rings. The van der Waals surface area contributed by atoms with E-state index in [-0.39, 0.29) is 5.38 Å². The van der Waals surface area contributed by atoms with Crippen LogP contribution < -0.4 is 0 Å². The molecule has 0 fully saturated rings. The Kier molecular flexibility index (Phi) is 5.41. The fraction of sp³-hybridized carbons (Fsp3) is 0.571. The van der Waals surface area contributed by atoms with Crippen LogP contribution in [0.2, 0.25) is 0 Å². The van der Waals surface area contributed by atoms with Crippen molar-refractivity contribution in [1.82, 2.24) is 14.5 Å². The zero-order valence-corrected chi connectivity index (χ0v) is 14.3. The van der Waals surface area contributed by atoms with Crippen LogP contribution in [-0.4, -0.2) is 27.7 Å². The standard InChI is InChI=1S/C14H19BrClN3O/c1-9(2)8-20-5-4-19-13(10(3)16)18-12-6-11(15)7-17-14(12)19/h6-7,9-10H,4-5,8H2,1-3H3. The molecular formula is C14H19BrClN3O. The minimum atomic E-state index is -0.159. The van der Waals surface area contributed by atoms with Gasteiger partial charge < -0.3 is 9.30 Å². The minimum absolute atomic E-state index is 0.159. The topological polar surface area (TPSA) is 39.9 Å². The van der Waals surface area contributed by atoms with Crippen molar-refractivity contribution in [2.45, 2.75) is 32.7 Å². The molecule has 0 aromatic carbocycles. The highest BCUT2D eigenvalue weighted by Crippen LogP contribution is 2.25. The summed E-state index contributed by atoms with van der Waals surface area (Å²) in [6.45, 7) is 8.30. The molecular weight excluding hydrogens is 342 g/mol. The Balaban J connectivity index is 2.22. The molecule has 110 valence electrons.